The number of halogens is 3. The van der Waals surface area contributed by atoms with Crippen LogP contribution in [0.2, 0.25) is 5.02 Å². The summed E-state index contributed by atoms with van der Waals surface area (Å²) in [5.74, 6) is 2.09. The molecule has 4 saturated heterocycles. The van der Waals surface area contributed by atoms with Gasteiger partial charge in [-0.05, 0) is 141 Å². The largest absolute Gasteiger partial charge is 0.371 e. The van der Waals surface area contributed by atoms with Crippen LogP contribution in [0.25, 0.3) is 11.1 Å². The van der Waals surface area contributed by atoms with Gasteiger partial charge in [0.2, 0.25) is 5.91 Å². The van der Waals surface area contributed by atoms with Crippen molar-refractivity contribution in [1.29, 1.82) is 5.26 Å². The molecule has 1 amide bonds. The maximum atomic E-state index is 14.8. The average Bonchev–Trinajstić information content (AvgIpc) is 4.08. The second-order valence-corrected chi connectivity index (χ2v) is 22.3. The van der Waals surface area contributed by atoms with Crippen molar-refractivity contribution in [3.8, 4) is 17.2 Å². The Morgan fingerprint density at radius 1 is 0.915 bits per heavy atom. The van der Waals surface area contributed by atoms with Crippen molar-refractivity contribution in [2.75, 3.05) is 85.0 Å². The minimum absolute atomic E-state index is 0.00678. The van der Waals surface area contributed by atoms with Crippen molar-refractivity contribution < 1.29 is 13.6 Å². The second kappa shape index (κ2) is 19.4. The molecule has 5 aromatic rings. The molecule has 0 unspecified atom stereocenters. The topological polar surface area (TPSA) is 95.9 Å². The quantitative estimate of drug-likeness (QED) is 0.143. The molecule has 3 aromatic carbocycles. The number of carbonyl (C=O) groups is 1. The van der Waals surface area contributed by atoms with Crippen LogP contribution < -0.4 is 19.6 Å². The molecule has 0 N–H and O–H groups in total. The molecule has 1 spiro atoms. The van der Waals surface area contributed by atoms with E-state index in [1.807, 2.05) is 23.1 Å². The molecule has 71 heavy (non-hydrogen) atoms. The summed E-state index contributed by atoms with van der Waals surface area (Å²) in [4.78, 5) is 27.1. The summed E-state index contributed by atoms with van der Waals surface area (Å²) >= 11 is 6.44. The van der Waals surface area contributed by atoms with Gasteiger partial charge in [0.1, 0.15) is 6.07 Å². The molecular formula is C56H68ClF2N11O. The summed E-state index contributed by atoms with van der Waals surface area (Å²) in [5.41, 5.74) is 9.92. The van der Waals surface area contributed by atoms with E-state index in [0.29, 0.717) is 64.6 Å². The lowest BCUT2D eigenvalue weighted by atomic mass is 9.76. The van der Waals surface area contributed by atoms with Crippen LogP contribution in [0.4, 0.5) is 37.3 Å². The van der Waals surface area contributed by atoms with Gasteiger partial charge in [0, 0.05) is 143 Å². The summed E-state index contributed by atoms with van der Waals surface area (Å²) in [5, 5.41) is 19.6. The van der Waals surface area contributed by atoms with E-state index in [-0.39, 0.29) is 17.5 Å². The lowest BCUT2D eigenvalue weighted by Crippen LogP contribution is -2.45. The Morgan fingerprint density at radius 3 is 2.34 bits per heavy atom. The lowest BCUT2D eigenvalue weighted by molar-refractivity contribution is -0.129. The zero-order valence-electron chi connectivity index (χ0n) is 41.8. The number of aromatic nitrogens is 4. The van der Waals surface area contributed by atoms with Crippen LogP contribution in [0.5, 0.6) is 0 Å². The number of hydrogen-bond donors (Lipinski definition) is 0. The summed E-state index contributed by atoms with van der Waals surface area (Å²) in [6, 6.07) is 21.7. The van der Waals surface area contributed by atoms with Gasteiger partial charge in [0.05, 0.1) is 29.4 Å². The Bertz CT molecular complexity index is 2800. The van der Waals surface area contributed by atoms with E-state index in [0.717, 1.165) is 113 Å². The first kappa shape index (κ1) is 47.7. The van der Waals surface area contributed by atoms with Gasteiger partial charge in [0.15, 0.2) is 5.82 Å². The van der Waals surface area contributed by atoms with Gasteiger partial charge >= 0.3 is 0 Å². The summed E-state index contributed by atoms with van der Waals surface area (Å²) in [6.45, 7) is 16.7. The normalized spacial score (nSPS) is 22.9. The predicted octanol–water partition coefficient (Wildman–Crippen LogP) is 10.4. The molecule has 374 valence electrons. The highest BCUT2D eigenvalue weighted by Gasteiger charge is 2.44. The van der Waals surface area contributed by atoms with E-state index in [2.05, 4.69) is 84.5 Å². The van der Waals surface area contributed by atoms with E-state index in [1.54, 1.807) is 37.1 Å². The molecule has 2 aromatic heterocycles. The third-order valence-electron chi connectivity index (χ3n) is 17.4. The SMILES string of the molecule is CC(=O)N1CCc2c(c(N3CCCc4cc(-c5cnn(C)c5)c(C(F)F)cc43)nn2C2CCN(C[C@H]3CCN(c4ccc(N5CCC6(CC5)C[C@H](C)N(c5ccc(C#N)c(Cl)c5)C6)cc4)C[C@H]3C)CC2)C1. The minimum Gasteiger partial charge on any atom is -0.371 e. The Morgan fingerprint density at radius 2 is 1.66 bits per heavy atom. The fourth-order valence-electron chi connectivity index (χ4n) is 13.4. The van der Waals surface area contributed by atoms with Crippen LogP contribution in [-0.4, -0.2) is 107 Å². The van der Waals surface area contributed by atoms with Crippen LogP contribution in [0.3, 0.4) is 0 Å². The molecule has 0 radical (unpaired) electrons. The monoisotopic (exact) mass is 984 g/mol. The molecule has 3 atom stereocenters. The van der Waals surface area contributed by atoms with Crippen molar-refractivity contribution in [1.82, 2.24) is 29.4 Å². The Balaban J connectivity index is 0.704. The van der Waals surface area contributed by atoms with Gasteiger partial charge in [-0.2, -0.15) is 15.5 Å². The van der Waals surface area contributed by atoms with Gasteiger partial charge in [-0.3, -0.25) is 14.2 Å². The maximum Gasteiger partial charge on any atom is 0.264 e. The van der Waals surface area contributed by atoms with E-state index in [4.69, 9.17) is 16.7 Å². The predicted molar refractivity (Wildman–Crippen MR) is 278 cm³/mol. The molecule has 6 aliphatic rings. The number of piperidine rings is 3. The lowest BCUT2D eigenvalue weighted by Gasteiger charge is -2.42. The standard InChI is InChI=1S/C56H68ClF2N11O/c1-37-32-67(45-11-9-44(10-12-45)65-24-17-56(18-25-65)29-38(2)69(36-56)47-8-7-41(30-60)51(57)27-47)22-13-42(37)34-64-20-14-46(15-21-64)70-52-16-23-66(39(3)71)35-50(52)55(62-70)68-19-5-6-40-26-48(43-31-61-63(4)33-43)49(54(58)59)28-53(40)68/h7-12,26-28,31,33,37-38,42,46,54H,5-6,13-25,29,32,34-36H2,1-4H3/t37-,38+,42-/m1/s1. The Kier molecular flexibility index (Phi) is 13.0. The fraction of sp³-hybridized carbons (Fsp3) is 0.536. The molecule has 0 aliphatic carbocycles. The van der Waals surface area contributed by atoms with E-state index < -0.39 is 6.43 Å². The van der Waals surface area contributed by atoms with Gasteiger partial charge in [-0.1, -0.05) is 18.5 Å². The number of alkyl halides is 2. The number of hydrogen-bond acceptors (Lipinski definition) is 9. The highest BCUT2D eigenvalue weighted by Crippen LogP contribution is 2.47. The first-order chi connectivity index (χ1) is 34.3. The first-order valence-electron chi connectivity index (χ1n) is 26.2. The molecule has 0 saturated carbocycles. The van der Waals surface area contributed by atoms with Crippen molar-refractivity contribution in [3.63, 3.8) is 0 Å². The molecule has 8 heterocycles. The third-order valence-corrected chi connectivity index (χ3v) is 17.8. The number of benzene rings is 3. The molecular weight excluding hydrogens is 916 g/mol. The molecule has 4 fully saturated rings. The van der Waals surface area contributed by atoms with Crippen LogP contribution in [0.15, 0.2) is 67.0 Å². The number of aryl methyl sites for hydroxylation is 2. The number of anilines is 5. The zero-order valence-corrected chi connectivity index (χ0v) is 42.6. The summed E-state index contributed by atoms with van der Waals surface area (Å²) in [6.07, 6.45) is 9.96. The average molecular weight is 985 g/mol. The number of fused-ring (bicyclic) bond motifs is 2. The number of nitrogens with zero attached hydrogens (tertiary/aromatic N) is 11. The fourth-order valence-corrected chi connectivity index (χ4v) is 13.6. The molecule has 6 aliphatic heterocycles. The van der Waals surface area contributed by atoms with E-state index in [1.165, 1.54) is 42.8 Å². The number of likely N-dealkylation sites (tertiary alicyclic amines) is 1. The number of nitriles is 1. The number of amides is 1. The van der Waals surface area contributed by atoms with Crippen molar-refractivity contribution in [2.24, 2.45) is 24.3 Å². The van der Waals surface area contributed by atoms with Crippen molar-refractivity contribution in [3.05, 3.63) is 100.0 Å². The maximum absolute atomic E-state index is 14.8. The Labute approximate surface area is 422 Å². The van der Waals surface area contributed by atoms with Crippen molar-refractivity contribution in [2.45, 2.75) is 104 Å². The molecule has 11 rings (SSSR count). The van der Waals surface area contributed by atoms with Crippen LogP contribution in [0, 0.1) is 28.6 Å². The van der Waals surface area contributed by atoms with Crippen LogP contribution in [-0.2, 0) is 31.2 Å². The Hall–Kier alpha value is -5.65. The van der Waals surface area contributed by atoms with E-state index >= 15 is 0 Å². The number of carbonyl (C=O) groups excluding carboxylic acids is 1. The highest BCUT2D eigenvalue weighted by molar-refractivity contribution is 6.32. The van der Waals surface area contributed by atoms with Gasteiger partial charge in [-0.15, -0.1) is 0 Å². The number of rotatable bonds is 9. The second-order valence-electron chi connectivity index (χ2n) is 21.9. The first-order valence-corrected chi connectivity index (χ1v) is 26.6. The minimum atomic E-state index is -2.64. The third kappa shape index (κ3) is 9.26. The van der Waals surface area contributed by atoms with Gasteiger partial charge in [0.25, 0.3) is 6.43 Å². The highest BCUT2D eigenvalue weighted by atomic mass is 35.5. The zero-order chi connectivity index (χ0) is 49.1. The van der Waals surface area contributed by atoms with Gasteiger partial charge < -0.3 is 29.4 Å². The van der Waals surface area contributed by atoms with Crippen LogP contribution >= 0.6 is 11.6 Å². The molecule has 0 bridgehead atoms. The smallest absolute Gasteiger partial charge is 0.264 e. The van der Waals surface area contributed by atoms with E-state index in [9.17, 15) is 18.8 Å². The molecule has 12 nitrogen and oxygen atoms in total. The summed E-state index contributed by atoms with van der Waals surface area (Å²) < 4.78 is 33.5. The van der Waals surface area contributed by atoms with Crippen molar-refractivity contribution >= 4 is 46.1 Å². The van der Waals surface area contributed by atoms with Crippen LogP contribution in [0.1, 0.15) is 106 Å². The van der Waals surface area contributed by atoms with Gasteiger partial charge in [-0.25, -0.2) is 8.78 Å². The summed E-state index contributed by atoms with van der Waals surface area (Å²) in [7, 11) is 1.80. The molecule has 15 heteroatoms.